The largest absolute Gasteiger partial charge is 0.495 e. The van der Waals surface area contributed by atoms with Crippen LogP contribution in [0.2, 0.25) is 0 Å². The second kappa shape index (κ2) is 8.76. The molecule has 31 heavy (non-hydrogen) atoms. The number of nitrogens with zero attached hydrogens (tertiary/aromatic N) is 1. The molecule has 0 bridgehead atoms. The molecule has 10 heteroatoms. The first kappa shape index (κ1) is 22.3. The minimum Gasteiger partial charge on any atom is -0.495 e. The molecule has 3 rings (SSSR count). The summed E-state index contributed by atoms with van der Waals surface area (Å²) in [4.78, 5) is 50.3. The Bertz CT molecular complexity index is 1070. The molecule has 2 aromatic carbocycles. The quantitative estimate of drug-likeness (QED) is 0.540. The number of ether oxygens (including phenoxy) is 1. The van der Waals surface area contributed by atoms with E-state index in [0.717, 1.165) is 4.90 Å². The standard InChI is InChI=1S/C21H21BrN4O5/c1-12(27)23-13-8-9-17(31-3)16(10-13)24-18(28)11-26-19(29)21(2,25-20(26)30)14-6-4-5-7-15(14)22/h4-10H,11H2,1-3H3,(H,23,27)(H,24,28)(H,25,30)/t21-/m0/s1. The van der Waals surface area contributed by atoms with E-state index >= 15 is 0 Å². The summed E-state index contributed by atoms with van der Waals surface area (Å²) >= 11 is 3.40. The van der Waals surface area contributed by atoms with Crippen LogP contribution in [-0.4, -0.2) is 42.3 Å². The van der Waals surface area contributed by atoms with Gasteiger partial charge >= 0.3 is 6.03 Å². The third-order valence-corrected chi connectivity index (χ3v) is 5.47. The van der Waals surface area contributed by atoms with Gasteiger partial charge in [0.25, 0.3) is 5.91 Å². The molecule has 1 atom stereocenters. The van der Waals surface area contributed by atoms with Crippen molar-refractivity contribution in [3.63, 3.8) is 0 Å². The predicted molar refractivity (Wildman–Crippen MR) is 118 cm³/mol. The molecular weight excluding hydrogens is 468 g/mol. The lowest BCUT2D eigenvalue weighted by atomic mass is 9.92. The van der Waals surface area contributed by atoms with E-state index in [4.69, 9.17) is 4.74 Å². The van der Waals surface area contributed by atoms with Gasteiger partial charge in [-0.3, -0.25) is 19.3 Å². The highest BCUT2D eigenvalue weighted by molar-refractivity contribution is 9.10. The Hall–Kier alpha value is -3.40. The zero-order chi connectivity index (χ0) is 22.8. The van der Waals surface area contributed by atoms with Crippen LogP contribution in [0.15, 0.2) is 46.9 Å². The molecule has 1 aliphatic heterocycles. The Morgan fingerprint density at radius 2 is 1.87 bits per heavy atom. The number of imide groups is 1. The lowest BCUT2D eigenvalue weighted by Crippen LogP contribution is -2.42. The molecule has 0 aromatic heterocycles. The first-order valence-corrected chi connectivity index (χ1v) is 10.1. The molecule has 1 fully saturated rings. The van der Waals surface area contributed by atoms with Gasteiger partial charge in [0.2, 0.25) is 11.8 Å². The minimum absolute atomic E-state index is 0.270. The summed E-state index contributed by atoms with van der Waals surface area (Å²) in [5.74, 6) is -1.05. The van der Waals surface area contributed by atoms with Crippen molar-refractivity contribution in [1.29, 1.82) is 0 Å². The average molecular weight is 489 g/mol. The Kier molecular flexibility index (Phi) is 6.30. The molecule has 3 N–H and O–H groups in total. The van der Waals surface area contributed by atoms with Gasteiger partial charge in [0.1, 0.15) is 17.8 Å². The molecule has 0 saturated carbocycles. The third-order valence-electron chi connectivity index (χ3n) is 4.78. The third kappa shape index (κ3) is 4.53. The number of halogens is 1. The SMILES string of the molecule is COc1ccc(NC(C)=O)cc1NC(=O)CN1C(=O)N[C@@](C)(c2ccccc2Br)C1=O. The van der Waals surface area contributed by atoms with E-state index in [1.54, 1.807) is 43.3 Å². The number of amides is 5. The number of nitrogens with one attached hydrogen (secondary N) is 3. The maximum atomic E-state index is 13.0. The molecule has 0 radical (unpaired) electrons. The van der Waals surface area contributed by atoms with E-state index in [1.807, 2.05) is 0 Å². The Labute approximate surface area is 187 Å². The number of carbonyl (C=O) groups excluding carboxylic acids is 4. The first-order chi connectivity index (χ1) is 14.7. The van der Waals surface area contributed by atoms with Gasteiger partial charge in [0, 0.05) is 22.6 Å². The van der Waals surface area contributed by atoms with Gasteiger partial charge < -0.3 is 20.7 Å². The van der Waals surface area contributed by atoms with Crippen LogP contribution in [0, 0.1) is 0 Å². The number of benzene rings is 2. The number of urea groups is 1. The highest BCUT2D eigenvalue weighted by Gasteiger charge is 2.50. The number of methoxy groups -OCH3 is 1. The van der Waals surface area contributed by atoms with Crippen LogP contribution >= 0.6 is 15.9 Å². The van der Waals surface area contributed by atoms with E-state index < -0.39 is 29.9 Å². The first-order valence-electron chi connectivity index (χ1n) is 9.30. The number of anilines is 2. The smallest absolute Gasteiger partial charge is 0.325 e. The summed E-state index contributed by atoms with van der Waals surface area (Å²) in [6.07, 6.45) is 0. The van der Waals surface area contributed by atoms with Gasteiger partial charge in [-0.05, 0) is 31.2 Å². The minimum atomic E-state index is -1.31. The van der Waals surface area contributed by atoms with Crippen molar-refractivity contribution in [1.82, 2.24) is 10.2 Å². The summed E-state index contributed by atoms with van der Waals surface area (Å²) in [5.41, 5.74) is 0.0286. The second-order valence-electron chi connectivity index (χ2n) is 7.07. The Morgan fingerprint density at radius 3 is 2.52 bits per heavy atom. The highest BCUT2D eigenvalue weighted by atomic mass is 79.9. The maximum Gasteiger partial charge on any atom is 0.325 e. The molecular formula is C21H21BrN4O5. The summed E-state index contributed by atoms with van der Waals surface area (Å²) in [6, 6.07) is 11.1. The van der Waals surface area contributed by atoms with Crippen molar-refractivity contribution in [2.24, 2.45) is 0 Å². The monoisotopic (exact) mass is 488 g/mol. The van der Waals surface area contributed by atoms with E-state index in [-0.39, 0.29) is 5.91 Å². The summed E-state index contributed by atoms with van der Waals surface area (Å²) in [7, 11) is 1.43. The lowest BCUT2D eigenvalue weighted by molar-refractivity contribution is -0.133. The molecule has 162 valence electrons. The van der Waals surface area contributed by atoms with Gasteiger partial charge in [-0.1, -0.05) is 34.1 Å². The van der Waals surface area contributed by atoms with E-state index in [9.17, 15) is 19.2 Å². The number of rotatable bonds is 6. The number of hydrogen-bond acceptors (Lipinski definition) is 5. The van der Waals surface area contributed by atoms with E-state index in [0.29, 0.717) is 27.2 Å². The zero-order valence-electron chi connectivity index (χ0n) is 17.1. The summed E-state index contributed by atoms with van der Waals surface area (Å²) < 4.78 is 5.89. The molecule has 2 aromatic rings. The van der Waals surface area contributed by atoms with Crippen molar-refractivity contribution >= 4 is 51.1 Å². The topological polar surface area (TPSA) is 117 Å². The fourth-order valence-electron chi connectivity index (χ4n) is 3.31. The molecule has 1 aliphatic rings. The lowest BCUT2D eigenvalue weighted by Gasteiger charge is -2.23. The van der Waals surface area contributed by atoms with Crippen LogP contribution < -0.4 is 20.7 Å². The highest BCUT2D eigenvalue weighted by Crippen LogP contribution is 2.34. The summed E-state index contributed by atoms with van der Waals surface area (Å²) in [5, 5.41) is 7.90. The van der Waals surface area contributed by atoms with Crippen LogP contribution in [-0.2, 0) is 19.9 Å². The Morgan fingerprint density at radius 1 is 1.16 bits per heavy atom. The van der Waals surface area contributed by atoms with Gasteiger partial charge in [-0.15, -0.1) is 0 Å². The molecule has 0 spiro atoms. The van der Waals surface area contributed by atoms with Gasteiger partial charge in [-0.25, -0.2) is 4.79 Å². The molecule has 1 saturated heterocycles. The van der Waals surface area contributed by atoms with E-state index in [2.05, 4.69) is 31.9 Å². The summed E-state index contributed by atoms with van der Waals surface area (Å²) in [6.45, 7) is 2.46. The molecule has 1 heterocycles. The van der Waals surface area contributed by atoms with Crippen molar-refractivity contribution in [3.05, 3.63) is 52.5 Å². The van der Waals surface area contributed by atoms with Crippen molar-refractivity contribution < 1.29 is 23.9 Å². The van der Waals surface area contributed by atoms with Crippen LogP contribution in [0.25, 0.3) is 0 Å². The number of carbonyl (C=O) groups is 4. The zero-order valence-corrected chi connectivity index (χ0v) is 18.7. The van der Waals surface area contributed by atoms with Gasteiger partial charge in [0.15, 0.2) is 0 Å². The normalized spacial score (nSPS) is 17.9. The van der Waals surface area contributed by atoms with E-state index in [1.165, 1.54) is 20.1 Å². The predicted octanol–water partition coefficient (Wildman–Crippen LogP) is 2.82. The molecule has 0 unspecified atom stereocenters. The van der Waals surface area contributed by atoms with Crippen molar-refractivity contribution in [3.8, 4) is 5.75 Å². The number of hydrogen-bond donors (Lipinski definition) is 3. The van der Waals surface area contributed by atoms with Crippen molar-refractivity contribution in [2.75, 3.05) is 24.3 Å². The van der Waals surface area contributed by atoms with Crippen LogP contribution in [0.4, 0.5) is 16.2 Å². The van der Waals surface area contributed by atoms with Gasteiger partial charge in [-0.2, -0.15) is 0 Å². The second-order valence-corrected chi connectivity index (χ2v) is 7.93. The van der Waals surface area contributed by atoms with Crippen LogP contribution in [0.5, 0.6) is 5.75 Å². The van der Waals surface area contributed by atoms with Gasteiger partial charge in [0.05, 0.1) is 12.8 Å². The van der Waals surface area contributed by atoms with Crippen molar-refractivity contribution in [2.45, 2.75) is 19.4 Å². The average Bonchev–Trinajstić information content (AvgIpc) is 2.92. The van der Waals surface area contributed by atoms with Crippen LogP contribution in [0.3, 0.4) is 0 Å². The Balaban J connectivity index is 1.78. The fraction of sp³-hybridized carbons (Fsp3) is 0.238. The molecule has 5 amide bonds. The molecule has 0 aliphatic carbocycles. The fourth-order valence-corrected chi connectivity index (χ4v) is 3.99. The van der Waals surface area contributed by atoms with Crippen LogP contribution in [0.1, 0.15) is 19.4 Å². The molecule has 9 nitrogen and oxygen atoms in total. The maximum absolute atomic E-state index is 13.0.